The van der Waals surface area contributed by atoms with E-state index in [1.807, 2.05) is 16.9 Å². The van der Waals surface area contributed by atoms with Gasteiger partial charge in [0.1, 0.15) is 0 Å². The number of pyridine rings is 1. The van der Waals surface area contributed by atoms with Gasteiger partial charge in [0.15, 0.2) is 0 Å². The Bertz CT molecular complexity index is 557. The van der Waals surface area contributed by atoms with Crippen LogP contribution in [0.4, 0.5) is 0 Å². The number of hydrogen-bond donors (Lipinski definition) is 1. The molecule has 4 nitrogen and oxygen atoms in total. The van der Waals surface area contributed by atoms with Crippen molar-refractivity contribution in [2.75, 3.05) is 6.54 Å². The van der Waals surface area contributed by atoms with Gasteiger partial charge in [-0.3, -0.25) is 4.98 Å². The van der Waals surface area contributed by atoms with Crippen molar-refractivity contribution in [3.05, 3.63) is 41.0 Å². The third kappa shape index (κ3) is 2.84. The van der Waals surface area contributed by atoms with Gasteiger partial charge in [0.25, 0.3) is 0 Å². The molecule has 0 bridgehead atoms. The van der Waals surface area contributed by atoms with Gasteiger partial charge in [0.05, 0.1) is 17.1 Å². The lowest BCUT2D eigenvalue weighted by Crippen LogP contribution is -2.13. The summed E-state index contributed by atoms with van der Waals surface area (Å²) >= 11 is 0. The van der Waals surface area contributed by atoms with E-state index in [1.54, 1.807) is 0 Å². The van der Waals surface area contributed by atoms with Crippen LogP contribution in [-0.2, 0) is 13.0 Å². The molecule has 2 heterocycles. The normalized spacial score (nSPS) is 10.9. The molecule has 19 heavy (non-hydrogen) atoms. The van der Waals surface area contributed by atoms with E-state index in [0.29, 0.717) is 0 Å². The van der Waals surface area contributed by atoms with Crippen LogP contribution in [0.5, 0.6) is 0 Å². The summed E-state index contributed by atoms with van der Waals surface area (Å²) in [5, 5.41) is 7.93. The van der Waals surface area contributed by atoms with Crippen molar-refractivity contribution in [3.8, 4) is 5.69 Å². The summed E-state index contributed by atoms with van der Waals surface area (Å²) in [6.45, 7) is 10.2. The second kappa shape index (κ2) is 5.97. The average Bonchev–Trinajstić information content (AvgIpc) is 2.71. The molecule has 0 atom stereocenters. The Labute approximate surface area is 114 Å². The Morgan fingerprint density at radius 3 is 2.68 bits per heavy atom. The van der Waals surface area contributed by atoms with Crippen LogP contribution in [0.1, 0.15) is 36.5 Å². The molecular formula is C15H22N4. The van der Waals surface area contributed by atoms with Crippen LogP contribution < -0.4 is 5.32 Å². The monoisotopic (exact) mass is 258 g/mol. The third-order valence-electron chi connectivity index (χ3n) is 3.40. The van der Waals surface area contributed by atoms with Gasteiger partial charge in [-0.1, -0.05) is 13.8 Å². The van der Waals surface area contributed by atoms with E-state index >= 15 is 0 Å². The Balaban J connectivity index is 2.36. The lowest BCUT2D eigenvalue weighted by Gasteiger charge is -2.07. The van der Waals surface area contributed by atoms with Crippen LogP contribution in [-0.4, -0.2) is 21.3 Å². The van der Waals surface area contributed by atoms with Gasteiger partial charge in [0.2, 0.25) is 0 Å². The predicted molar refractivity (Wildman–Crippen MR) is 77.6 cm³/mol. The molecule has 4 heteroatoms. The number of hydrogen-bond acceptors (Lipinski definition) is 3. The highest BCUT2D eigenvalue weighted by Crippen LogP contribution is 2.18. The average molecular weight is 258 g/mol. The number of nitrogens with zero attached hydrogens (tertiary/aromatic N) is 3. The van der Waals surface area contributed by atoms with Gasteiger partial charge in [-0.2, -0.15) is 5.10 Å². The van der Waals surface area contributed by atoms with Gasteiger partial charge in [-0.25, -0.2) is 4.68 Å². The van der Waals surface area contributed by atoms with Gasteiger partial charge in [-0.05, 0) is 44.5 Å². The molecule has 0 unspecified atom stereocenters. The first-order valence-corrected chi connectivity index (χ1v) is 6.88. The van der Waals surface area contributed by atoms with Crippen molar-refractivity contribution in [1.82, 2.24) is 20.1 Å². The molecule has 102 valence electrons. The summed E-state index contributed by atoms with van der Waals surface area (Å²) in [6.07, 6.45) is 2.87. The van der Waals surface area contributed by atoms with E-state index in [1.165, 1.54) is 11.3 Å². The summed E-state index contributed by atoms with van der Waals surface area (Å²) in [4.78, 5) is 4.38. The van der Waals surface area contributed by atoms with E-state index in [9.17, 15) is 0 Å². The number of rotatable bonds is 5. The minimum absolute atomic E-state index is 0.796. The minimum Gasteiger partial charge on any atom is -0.311 e. The van der Waals surface area contributed by atoms with Crippen molar-refractivity contribution in [3.63, 3.8) is 0 Å². The minimum atomic E-state index is 0.796. The molecule has 0 saturated heterocycles. The largest absolute Gasteiger partial charge is 0.311 e. The first-order valence-electron chi connectivity index (χ1n) is 6.88. The molecule has 0 aliphatic carbocycles. The standard InChI is InChI=1S/C15H22N4/c1-5-15-11(3)18-19(12(15)4)14-7-8-17-13(9-14)10-16-6-2/h7-9,16H,5-6,10H2,1-4H3. The quantitative estimate of drug-likeness (QED) is 0.896. The van der Waals surface area contributed by atoms with Crippen LogP contribution in [0.25, 0.3) is 5.69 Å². The first kappa shape index (κ1) is 13.7. The van der Waals surface area contributed by atoms with Crippen LogP contribution in [0.2, 0.25) is 0 Å². The number of aryl methyl sites for hydroxylation is 1. The molecule has 2 aromatic heterocycles. The fourth-order valence-corrected chi connectivity index (χ4v) is 2.38. The van der Waals surface area contributed by atoms with Gasteiger partial charge < -0.3 is 5.32 Å². The fraction of sp³-hybridized carbons (Fsp3) is 0.467. The zero-order valence-electron chi connectivity index (χ0n) is 12.2. The molecule has 0 fully saturated rings. The highest BCUT2D eigenvalue weighted by Gasteiger charge is 2.11. The van der Waals surface area contributed by atoms with Crippen molar-refractivity contribution in [1.29, 1.82) is 0 Å². The zero-order valence-corrected chi connectivity index (χ0v) is 12.2. The Kier molecular flexibility index (Phi) is 4.32. The highest BCUT2D eigenvalue weighted by molar-refractivity contribution is 5.37. The Hall–Kier alpha value is -1.68. The molecule has 0 amide bonds. The lowest BCUT2D eigenvalue weighted by molar-refractivity contribution is 0.708. The summed E-state index contributed by atoms with van der Waals surface area (Å²) < 4.78 is 2.02. The van der Waals surface area contributed by atoms with Crippen molar-refractivity contribution in [2.45, 2.75) is 40.7 Å². The van der Waals surface area contributed by atoms with E-state index in [4.69, 9.17) is 0 Å². The van der Waals surface area contributed by atoms with Crippen LogP contribution in [0.15, 0.2) is 18.3 Å². The first-order chi connectivity index (χ1) is 9.17. The summed E-state index contributed by atoms with van der Waals surface area (Å²) in [5.74, 6) is 0. The van der Waals surface area contributed by atoms with Crippen molar-refractivity contribution < 1.29 is 0 Å². The lowest BCUT2D eigenvalue weighted by atomic mass is 10.1. The summed E-state index contributed by atoms with van der Waals surface area (Å²) in [7, 11) is 0. The maximum absolute atomic E-state index is 4.64. The Morgan fingerprint density at radius 1 is 1.26 bits per heavy atom. The highest BCUT2D eigenvalue weighted by atomic mass is 15.3. The van der Waals surface area contributed by atoms with E-state index in [0.717, 1.165) is 36.6 Å². The number of aromatic nitrogens is 3. The maximum atomic E-state index is 4.64. The SMILES string of the molecule is CCNCc1cc(-n2nc(C)c(CC)c2C)ccn1. The predicted octanol–water partition coefficient (Wildman–Crippen LogP) is 2.56. The second-order valence-corrected chi connectivity index (χ2v) is 4.70. The number of nitrogens with one attached hydrogen (secondary N) is 1. The molecule has 2 aromatic rings. The van der Waals surface area contributed by atoms with Crippen LogP contribution in [0.3, 0.4) is 0 Å². The molecule has 0 saturated carbocycles. The molecule has 1 N–H and O–H groups in total. The van der Waals surface area contributed by atoms with Crippen molar-refractivity contribution >= 4 is 0 Å². The van der Waals surface area contributed by atoms with Crippen molar-refractivity contribution in [2.24, 2.45) is 0 Å². The molecule has 0 aromatic carbocycles. The van der Waals surface area contributed by atoms with E-state index < -0.39 is 0 Å². The molecule has 0 spiro atoms. The third-order valence-corrected chi connectivity index (χ3v) is 3.40. The summed E-state index contributed by atoms with van der Waals surface area (Å²) in [5.41, 5.74) is 5.81. The van der Waals surface area contributed by atoms with E-state index in [-0.39, 0.29) is 0 Å². The maximum Gasteiger partial charge on any atom is 0.0682 e. The summed E-state index contributed by atoms with van der Waals surface area (Å²) in [6, 6.07) is 4.11. The van der Waals surface area contributed by atoms with Gasteiger partial charge in [0, 0.05) is 18.4 Å². The van der Waals surface area contributed by atoms with Crippen LogP contribution >= 0.6 is 0 Å². The molecule has 0 radical (unpaired) electrons. The van der Waals surface area contributed by atoms with Crippen LogP contribution in [0, 0.1) is 13.8 Å². The zero-order chi connectivity index (χ0) is 13.8. The van der Waals surface area contributed by atoms with Gasteiger partial charge in [-0.15, -0.1) is 0 Å². The molecule has 0 aliphatic rings. The molecule has 0 aliphatic heterocycles. The smallest absolute Gasteiger partial charge is 0.0682 e. The van der Waals surface area contributed by atoms with E-state index in [2.05, 4.69) is 49.2 Å². The molecular weight excluding hydrogens is 236 g/mol. The topological polar surface area (TPSA) is 42.7 Å². The fourth-order valence-electron chi connectivity index (χ4n) is 2.38. The Morgan fingerprint density at radius 2 is 2.05 bits per heavy atom. The van der Waals surface area contributed by atoms with Gasteiger partial charge >= 0.3 is 0 Å². The molecule has 2 rings (SSSR count). The second-order valence-electron chi connectivity index (χ2n) is 4.70.